The summed E-state index contributed by atoms with van der Waals surface area (Å²) in [5.74, 6) is 0. The first kappa shape index (κ1) is 14.8. The fourth-order valence-corrected chi connectivity index (χ4v) is 2.31. The van der Waals surface area contributed by atoms with Gasteiger partial charge in [-0.3, -0.25) is 0 Å². The number of hydrogen-bond acceptors (Lipinski definition) is 2. The number of aromatic nitrogens is 2. The number of hydrogen-bond donors (Lipinski definition) is 2. The lowest BCUT2D eigenvalue weighted by Gasteiger charge is -2.10. The van der Waals surface area contributed by atoms with Gasteiger partial charge in [0.1, 0.15) is 0 Å². The molecule has 5 nitrogen and oxygen atoms in total. The van der Waals surface area contributed by atoms with Gasteiger partial charge in [-0.25, -0.2) is 9.48 Å². The van der Waals surface area contributed by atoms with Gasteiger partial charge in [-0.05, 0) is 42.3 Å². The van der Waals surface area contributed by atoms with E-state index in [0.29, 0.717) is 6.54 Å². The molecule has 23 heavy (non-hydrogen) atoms. The molecule has 0 aliphatic rings. The Hall–Kier alpha value is -3.08. The number of nitrogens with one attached hydrogen (secondary N) is 2. The highest BCUT2D eigenvalue weighted by Gasteiger charge is 2.04. The fourth-order valence-electron chi connectivity index (χ4n) is 2.31. The van der Waals surface area contributed by atoms with Crippen LogP contribution in [0.25, 0.3) is 5.69 Å². The first-order valence-electron chi connectivity index (χ1n) is 7.42. The second-order valence-corrected chi connectivity index (χ2v) is 5.24. The number of urea groups is 1. The molecule has 5 heteroatoms. The topological polar surface area (TPSA) is 59.0 Å². The van der Waals surface area contributed by atoms with E-state index in [1.165, 1.54) is 0 Å². The average molecular weight is 306 g/mol. The summed E-state index contributed by atoms with van der Waals surface area (Å²) in [5, 5.41) is 9.89. The minimum Gasteiger partial charge on any atom is -0.334 e. The Morgan fingerprint density at radius 3 is 2.78 bits per heavy atom. The molecule has 0 fully saturated rings. The number of carbonyl (C=O) groups is 1. The molecule has 3 aromatic rings. The molecule has 0 aliphatic carbocycles. The number of carbonyl (C=O) groups excluding carboxylic acids is 1. The van der Waals surface area contributed by atoms with E-state index >= 15 is 0 Å². The van der Waals surface area contributed by atoms with Crippen LogP contribution in [0.4, 0.5) is 10.5 Å². The van der Waals surface area contributed by atoms with Crippen LogP contribution in [-0.2, 0) is 6.54 Å². The number of rotatable bonds is 4. The summed E-state index contributed by atoms with van der Waals surface area (Å²) in [4.78, 5) is 12.1. The molecular weight excluding hydrogens is 288 g/mol. The first-order chi connectivity index (χ1) is 11.2. The van der Waals surface area contributed by atoms with Crippen molar-refractivity contribution in [1.82, 2.24) is 15.1 Å². The molecule has 0 spiro atoms. The van der Waals surface area contributed by atoms with Crippen LogP contribution in [-0.4, -0.2) is 15.8 Å². The van der Waals surface area contributed by atoms with Crippen molar-refractivity contribution in [1.29, 1.82) is 0 Å². The van der Waals surface area contributed by atoms with Crippen LogP contribution in [0.1, 0.15) is 11.1 Å². The van der Waals surface area contributed by atoms with Gasteiger partial charge in [0.05, 0.1) is 5.69 Å². The number of aryl methyl sites for hydroxylation is 1. The largest absolute Gasteiger partial charge is 0.334 e. The van der Waals surface area contributed by atoms with Gasteiger partial charge < -0.3 is 10.6 Å². The minimum atomic E-state index is -0.231. The summed E-state index contributed by atoms with van der Waals surface area (Å²) in [6, 6.07) is 17.2. The van der Waals surface area contributed by atoms with Crippen molar-refractivity contribution in [3.05, 3.63) is 78.1 Å². The predicted octanol–water partition coefficient (Wildman–Crippen LogP) is 3.50. The molecule has 2 N–H and O–H groups in total. The maximum Gasteiger partial charge on any atom is 0.319 e. The standard InChI is InChI=1S/C18H18N4O/c1-14-6-2-3-7-15(14)13-19-18(23)21-16-8-4-9-17(12-16)22-11-5-10-20-22/h2-12H,13H2,1H3,(H2,19,21,23). The summed E-state index contributed by atoms with van der Waals surface area (Å²) < 4.78 is 1.75. The van der Waals surface area contributed by atoms with Crippen molar-refractivity contribution in [3.8, 4) is 5.69 Å². The van der Waals surface area contributed by atoms with E-state index in [2.05, 4.69) is 15.7 Å². The summed E-state index contributed by atoms with van der Waals surface area (Å²) in [6.07, 6.45) is 3.58. The molecule has 0 radical (unpaired) electrons. The molecule has 116 valence electrons. The molecule has 0 aliphatic heterocycles. The molecule has 1 aromatic heterocycles. The van der Waals surface area contributed by atoms with Crippen molar-refractivity contribution in [3.63, 3.8) is 0 Å². The van der Waals surface area contributed by atoms with E-state index < -0.39 is 0 Å². The molecule has 2 aromatic carbocycles. The van der Waals surface area contributed by atoms with Gasteiger partial charge in [-0.1, -0.05) is 30.3 Å². The van der Waals surface area contributed by atoms with Crippen molar-refractivity contribution < 1.29 is 4.79 Å². The summed E-state index contributed by atoms with van der Waals surface area (Å²) in [6.45, 7) is 2.53. The predicted molar refractivity (Wildman–Crippen MR) is 90.6 cm³/mol. The van der Waals surface area contributed by atoms with Crippen molar-refractivity contribution in [2.75, 3.05) is 5.32 Å². The van der Waals surface area contributed by atoms with Gasteiger partial charge in [-0.15, -0.1) is 0 Å². The van der Waals surface area contributed by atoms with E-state index in [-0.39, 0.29) is 6.03 Å². The van der Waals surface area contributed by atoms with Gasteiger partial charge in [-0.2, -0.15) is 5.10 Å². The molecule has 0 atom stereocenters. The average Bonchev–Trinajstić information content (AvgIpc) is 3.09. The van der Waals surface area contributed by atoms with E-state index in [1.807, 2.05) is 67.7 Å². The van der Waals surface area contributed by atoms with E-state index in [4.69, 9.17) is 0 Å². The van der Waals surface area contributed by atoms with Crippen LogP contribution in [0.2, 0.25) is 0 Å². The zero-order valence-electron chi connectivity index (χ0n) is 12.9. The Labute approximate surface area is 135 Å². The van der Waals surface area contributed by atoms with Crippen molar-refractivity contribution in [2.24, 2.45) is 0 Å². The third-order valence-electron chi connectivity index (χ3n) is 3.57. The Kier molecular flexibility index (Phi) is 4.38. The number of anilines is 1. The van der Waals surface area contributed by atoms with Crippen LogP contribution < -0.4 is 10.6 Å². The Bertz CT molecular complexity index is 796. The zero-order valence-corrected chi connectivity index (χ0v) is 12.9. The number of amides is 2. The maximum atomic E-state index is 12.1. The lowest BCUT2D eigenvalue weighted by Crippen LogP contribution is -2.28. The zero-order chi connectivity index (χ0) is 16.1. The Balaban J connectivity index is 1.62. The second kappa shape index (κ2) is 6.79. The molecular formula is C18H18N4O. The second-order valence-electron chi connectivity index (χ2n) is 5.24. The van der Waals surface area contributed by atoms with E-state index in [0.717, 1.165) is 22.5 Å². The summed E-state index contributed by atoms with van der Waals surface area (Å²) in [5.41, 5.74) is 3.88. The lowest BCUT2D eigenvalue weighted by atomic mass is 10.1. The van der Waals surface area contributed by atoms with Crippen molar-refractivity contribution in [2.45, 2.75) is 13.5 Å². The number of nitrogens with zero attached hydrogens (tertiary/aromatic N) is 2. The van der Waals surface area contributed by atoms with Gasteiger partial charge in [0.2, 0.25) is 0 Å². The summed E-state index contributed by atoms with van der Waals surface area (Å²) in [7, 11) is 0. The number of benzene rings is 2. The quantitative estimate of drug-likeness (QED) is 0.775. The molecule has 0 saturated heterocycles. The monoisotopic (exact) mass is 306 g/mol. The fraction of sp³-hybridized carbons (Fsp3) is 0.111. The van der Waals surface area contributed by atoms with Crippen LogP contribution in [0, 0.1) is 6.92 Å². The van der Waals surface area contributed by atoms with E-state index in [9.17, 15) is 4.79 Å². The first-order valence-corrected chi connectivity index (χ1v) is 7.42. The highest BCUT2D eigenvalue weighted by Crippen LogP contribution is 2.14. The lowest BCUT2D eigenvalue weighted by molar-refractivity contribution is 0.251. The minimum absolute atomic E-state index is 0.231. The SMILES string of the molecule is Cc1ccccc1CNC(=O)Nc1cccc(-n2cccn2)c1. The highest BCUT2D eigenvalue weighted by atomic mass is 16.2. The normalized spacial score (nSPS) is 10.3. The molecule has 2 amide bonds. The van der Waals surface area contributed by atoms with Gasteiger partial charge in [0, 0.05) is 24.6 Å². The molecule has 0 unspecified atom stereocenters. The van der Waals surface area contributed by atoms with Crippen molar-refractivity contribution >= 4 is 11.7 Å². The van der Waals surface area contributed by atoms with Crippen LogP contribution in [0.5, 0.6) is 0 Å². The van der Waals surface area contributed by atoms with Crippen LogP contribution in [0.15, 0.2) is 67.0 Å². The van der Waals surface area contributed by atoms with Gasteiger partial charge >= 0.3 is 6.03 Å². The maximum absolute atomic E-state index is 12.1. The smallest absolute Gasteiger partial charge is 0.319 e. The van der Waals surface area contributed by atoms with Gasteiger partial charge in [0.25, 0.3) is 0 Å². The Morgan fingerprint density at radius 2 is 2.00 bits per heavy atom. The summed E-state index contributed by atoms with van der Waals surface area (Å²) >= 11 is 0. The molecule has 0 bridgehead atoms. The van der Waals surface area contributed by atoms with Gasteiger partial charge in [0.15, 0.2) is 0 Å². The molecule has 0 saturated carbocycles. The third kappa shape index (κ3) is 3.77. The molecule has 1 heterocycles. The Morgan fingerprint density at radius 1 is 1.13 bits per heavy atom. The van der Waals surface area contributed by atoms with Crippen LogP contribution in [0.3, 0.4) is 0 Å². The third-order valence-corrected chi connectivity index (χ3v) is 3.57. The molecule has 3 rings (SSSR count). The highest BCUT2D eigenvalue weighted by molar-refractivity contribution is 5.89. The van der Waals surface area contributed by atoms with Crippen LogP contribution >= 0.6 is 0 Å². The van der Waals surface area contributed by atoms with E-state index in [1.54, 1.807) is 10.9 Å².